The van der Waals surface area contributed by atoms with Crippen LogP contribution < -0.4 is 5.32 Å². The second kappa shape index (κ2) is 5.75. The lowest BCUT2D eigenvalue weighted by Gasteiger charge is -2.10. The zero-order valence-corrected chi connectivity index (χ0v) is 12.9. The monoisotopic (exact) mass is 388 g/mol. The minimum Gasteiger partial charge on any atom is -0.476 e. The summed E-state index contributed by atoms with van der Waals surface area (Å²) in [6.45, 7) is 1.98. The molecule has 98 valence electrons. The zero-order valence-electron chi connectivity index (χ0n) is 9.95. The van der Waals surface area contributed by atoms with Crippen LogP contribution in [0.1, 0.15) is 16.1 Å². The van der Waals surface area contributed by atoms with Gasteiger partial charge in [0.25, 0.3) is 0 Å². The number of hydrogen-bond donors (Lipinski definition) is 2. The van der Waals surface area contributed by atoms with Gasteiger partial charge in [0.1, 0.15) is 5.82 Å². The Morgan fingerprint density at radius 1 is 1.37 bits per heavy atom. The molecule has 0 fully saturated rings. The second-order valence-corrected chi connectivity index (χ2v) is 5.44. The Morgan fingerprint density at radius 3 is 2.79 bits per heavy atom. The Kier molecular flexibility index (Phi) is 4.26. The Labute approximate surface area is 129 Å². The number of nitrogens with one attached hydrogen (secondary N) is 1. The largest absolute Gasteiger partial charge is 0.476 e. The molecule has 0 atom stereocenters. The number of anilines is 2. The summed E-state index contributed by atoms with van der Waals surface area (Å²) in [4.78, 5) is 15.0. The smallest absolute Gasteiger partial charge is 0.356 e. The average Bonchev–Trinajstić information content (AvgIpc) is 2.37. The van der Waals surface area contributed by atoms with Crippen molar-refractivity contribution in [2.24, 2.45) is 0 Å². The molecule has 4 nitrogen and oxygen atoms in total. The molecule has 1 aromatic carbocycles. The predicted octanol–water partition coefficient (Wildman–Crippen LogP) is 4.09. The summed E-state index contributed by atoms with van der Waals surface area (Å²) in [5, 5.41) is 12.2. The van der Waals surface area contributed by atoms with E-state index in [9.17, 15) is 4.79 Å². The van der Waals surface area contributed by atoms with Crippen molar-refractivity contribution >= 4 is 51.7 Å². The molecule has 1 aromatic heterocycles. The van der Waals surface area contributed by atoms with Gasteiger partial charge >= 0.3 is 5.97 Å². The lowest BCUT2D eigenvalue weighted by Crippen LogP contribution is -2.04. The number of benzene rings is 1. The van der Waals surface area contributed by atoms with Crippen LogP contribution in [0.5, 0.6) is 0 Å². The average molecular weight is 389 g/mol. The number of halogens is 2. The third-order valence-corrected chi connectivity index (χ3v) is 4.05. The first-order valence-electron chi connectivity index (χ1n) is 5.41. The number of carbonyl (C=O) groups is 1. The molecule has 0 saturated heterocycles. The van der Waals surface area contributed by atoms with E-state index in [4.69, 9.17) is 16.7 Å². The van der Waals surface area contributed by atoms with Crippen LogP contribution in [0.4, 0.5) is 11.5 Å². The molecular formula is C13H10ClIN2O2. The lowest BCUT2D eigenvalue weighted by atomic mass is 10.2. The fourth-order valence-electron chi connectivity index (χ4n) is 1.54. The van der Waals surface area contributed by atoms with Crippen LogP contribution in [-0.4, -0.2) is 16.1 Å². The van der Waals surface area contributed by atoms with Crippen molar-refractivity contribution in [2.75, 3.05) is 5.32 Å². The molecule has 0 radical (unpaired) electrons. The van der Waals surface area contributed by atoms with Crippen LogP contribution in [0.15, 0.2) is 30.3 Å². The molecule has 0 spiro atoms. The van der Waals surface area contributed by atoms with Gasteiger partial charge in [0, 0.05) is 9.26 Å². The maximum Gasteiger partial charge on any atom is 0.356 e. The Bertz CT molecular complexity index is 647. The minimum atomic E-state index is -1.15. The quantitative estimate of drug-likeness (QED) is 0.778. The van der Waals surface area contributed by atoms with Crippen molar-refractivity contribution in [3.05, 3.63) is 50.2 Å². The highest BCUT2D eigenvalue weighted by atomic mass is 127. The van der Waals surface area contributed by atoms with E-state index in [0.29, 0.717) is 5.82 Å². The van der Waals surface area contributed by atoms with E-state index >= 15 is 0 Å². The van der Waals surface area contributed by atoms with E-state index in [-0.39, 0.29) is 10.7 Å². The molecule has 0 amide bonds. The van der Waals surface area contributed by atoms with Crippen LogP contribution in [-0.2, 0) is 0 Å². The van der Waals surface area contributed by atoms with Gasteiger partial charge in [-0.3, -0.25) is 0 Å². The van der Waals surface area contributed by atoms with Gasteiger partial charge in [-0.15, -0.1) is 0 Å². The van der Waals surface area contributed by atoms with E-state index in [2.05, 4.69) is 32.9 Å². The molecule has 0 unspecified atom stereocenters. The highest BCUT2D eigenvalue weighted by Crippen LogP contribution is 2.24. The van der Waals surface area contributed by atoms with Crippen molar-refractivity contribution in [1.82, 2.24) is 4.98 Å². The molecule has 0 saturated carbocycles. The predicted molar refractivity (Wildman–Crippen MR) is 83.4 cm³/mol. The summed E-state index contributed by atoms with van der Waals surface area (Å²) in [6, 6.07) is 9.00. The zero-order chi connectivity index (χ0) is 14.0. The van der Waals surface area contributed by atoms with Crippen molar-refractivity contribution in [1.29, 1.82) is 0 Å². The molecule has 2 N–H and O–H groups in total. The normalized spacial score (nSPS) is 10.3. The number of carboxylic acids is 1. The van der Waals surface area contributed by atoms with Crippen LogP contribution >= 0.6 is 34.2 Å². The topological polar surface area (TPSA) is 62.2 Å². The molecule has 0 aliphatic rings. The molecule has 2 aromatic rings. The Hall–Kier alpha value is -1.34. The van der Waals surface area contributed by atoms with E-state index in [1.165, 1.54) is 6.07 Å². The first-order valence-corrected chi connectivity index (χ1v) is 6.86. The first-order chi connectivity index (χ1) is 8.99. The number of aromatic nitrogens is 1. The number of rotatable bonds is 3. The summed E-state index contributed by atoms with van der Waals surface area (Å²) in [5.41, 5.74) is 1.81. The van der Waals surface area contributed by atoms with Crippen molar-refractivity contribution in [2.45, 2.75) is 6.92 Å². The van der Waals surface area contributed by atoms with Gasteiger partial charge in [-0.25, -0.2) is 9.78 Å². The van der Waals surface area contributed by atoms with Crippen molar-refractivity contribution in [3.63, 3.8) is 0 Å². The van der Waals surface area contributed by atoms with E-state index in [1.54, 1.807) is 6.07 Å². The third-order valence-electron chi connectivity index (χ3n) is 2.58. The van der Waals surface area contributed by atoms with Crippen LogP contribution in [0.25, 0.3) is 0 Å². The maximum atomic E-state index is 11.0. The molecular weight excluding hydrogens is 379 g/mol. The van der Waals surface area contributed by atoms with Crippen molar-refractivity contribution < 1.29 is 9.90 Å². The van der Waals surface area contributed by atoms with E-state index in [1.807, 2.05) is 25.1 Å². The van der Waals surface area contributed by atoms with Gasteiger partial charge in [0.2, 0.25) is 0 Å². The van der Waals surface area contributed by atoms with Crippen molar-refractivity contribution in [3.8, 4) is 0 Å². The number of pyridine rings is 1. The number of nitrogens with zero attached hydrogens (tertiary/aromatic N) is 1. The molecule has 1 heterocycles. The van der Waals surface area contributed by atoms with Gasteiger partial charge in [0.15, 0.2) is 5.69 Å². The molecule has 0 aliphatic heterocycles. The van der Waals surface area contributed by atoms with Crippen LogP contribution in [0, 0.1) is 10.5 Å². The van der Waals surface area contributed by atoms with Gasteiger partial charge in [0.05, 0.1) is 5.02 Å². The number of aromatic carboxylic acids is 1. The summed E-state index contributed by atoms with van der Waals surface area (Å²) in [5.74, 6) is -0.695. The fraction of sp³-hybridized carbons (Fsp3) is 0.0769. The maximum absolute atomic E-state index is 11.0. The second-order valence-electron chi connectivity index (χ2n) is 3.87. The number of hydrogen-bond acceptors (Lipinski definition) is 3. The van der Waals surface area contributed by atoms with Gasteiger partial charge in [-0.05, 0) is 59.3 Å². The summed E-state index contributed by atoms with van der Waals surface area (Å²) in [7, 11) is 0. The Balaban J connectivity index is 2.36. The van der Waals surface area contributed by atoms with E-state index in [0.717, 1.165) is 14.8 Å². The minimum absolute atomic E-state index is 0.123. The lowest BCUT2D eigenvalue weighted by molar-refractivity contribution is 0.0691. The summed E-state index contributed by atoms with van der Waals surface area (Å²) in [6.07, 6.45) is 0. The number of carboxylic acid groups (broad SMARTS) is 1. The molecule has 0 aliphatic carbocycles. The summed E-state index contributed by atoms with van der Waals surface area (Å²) < 4.78 is 1.12. The molecule has 19 heavy (non-hydrogen) atoms. The van der Waals surface area contributed by atoms with Crippen LogP contribution in [0.2, 0.25) is 5.02 Å². The highest BCUT2D eigenvalue weighted by molar-refractivity contribution is 14.1. The van der Waals surface area contributed by atoms with Crippen LogP contribution in [0.3, 0.4) is 0 Å². The highest BCUT2D eigenvalue weighted by Gasteiger charge is 2.12. The standard InChI is InChI=1S/C13H10ClIN2O2/c1-7-9(15)3-2-4-10(7)16-11-6-5-8(14)12(17-11)13(18)19/h2-6H,1H3,(H,16,17)(H,18,19). The van der Waals surface area contributed by atoms with Gasteiger partial charge < -0.3 is 10.4 Å². The first kappa shape index (κ1) is 14.1. The molecule has 2 rings (SSSR count). The molecule has 0 bridgehead atoms. The fourth-order valence-corrected chi connectivity index (χ4v) is 2.23. The Morgan fingerprint density at radius 2 is 2.11 bits per heavy atom. The van der Waals surface area contributed by atoms with Gasteiger partial charge in [-0.2, -0.15) is 0 Å². The SMILES string of the molecule is Cc1c(I)cccc1Nc1ccc(Cl)c(C(=O)O)n1. The molecule has 6 heteroatoms. The van der Waals surface area contributed by atoms with Gasteiger partial charge in [-0.1, -0.05) is 17.7 Å². The summed E-state index contributed by atoms with van der Waals surface area (Å²) >= 11 is 8.02. The third kappa shape index (κ3) is 3.16. The van der Waals surface area contributed by atoms with E-state index < -0.39 is 5.97 Å².